The molecule has 2 aliphatic heterocycles. The highest BCUT2D eigenvalue weighted by atomic mass is 32.2. The van der Waals surface area contributed by atoms with Crippen molar-refractivity contribution in [2.45, 2.75) is 38.3 Å². The molecule has 2 aliphatic rings. The zero-order valence-electron chi connectivity index (χ0n) is 12.2. The molecule has 120 valence electrons. The summed E-state index contributed by atoms with van der Waals surface area (Å²) in [5.74, 6) is -0.441. The zero-order chi connectivity index (χ0) is 15.7. The van der Waals surface area contributed by atoms with Crippen LogP contribution in [0.15, 0.2) is 0 Å². The van der Waals surface area contributed by atoms with Gasteiger partial charge in [-0.15, -0.1) is 0 Å². The molecule has 0 saturated carbocycles. The fourth-order valence-electron chi connectivity index (χ4n) is 2.54. The van der Waals surface area contributed by atoms with Crippen molar-refractivity contribution < 1.29 is 22.7 Å². The van der Waals surface area contributed by atoms with Crippen LogP contribution >= 0.6 is 0 Å². The van der Waals surface area contributed by atoms with Gasteiger partial charge in [0.2, 0.25) is 10.0 Å². The van der Waals surface area contributed by atoms with E-state index in [1.165, 1.54) is 4.31 Å². The number of ether oxygens (including phenoxy) is 1. The Labute approximate surface area is 124 Å². The van der Waals surface area contributed by atoms with Crippen LogP contribution in [0.5, 0.6) is 0 Å². The molecule has 0 aliphatic carbocycles. The van der Waals surface area contributed by atoms with Gasteiger partial charge in [0.05, 0.1) is 18.5 Å². The Hall–Kier alpha value is -1.19. The summed E-state index contributed by atoms with van der Waals surface area (Å²) in [5.41, 5.74) is -0.947. The van der Waals surface area contributed by atoms with Gasteiger partial charge in [-0.2, -0.15) is 0 Å². The van der Waals surface area contributed by atoms with Crippen molar-refractivity contribution in [3.05, 3.63) is 0 Å². The number of nitrogens with one attached hydrogen (secondary N) is 2. The summed E-state index contributed by atoms with van der Waals surface area (Å²) in [6, 6.07) is -0.512. The molecular formula is C12H21N3O5S. The normalized spacial score (nSPS) is 22.6. The van der Waals surface area contributed by atoms with Crippen molar-refractivity contribution in [1.29, 1.82) is 0 Å². The molecule has 0 aromatic rings. The number of carbonyl (C=O) groups is 2. The highest BCUT2D eigenvalue weighted by Crippen LogP contribution is 2.26. The SMILES string of the molecule is CC(C)OCCS(=O)(=O)N1CCC2(CC1)NC(=O)NC2=O. The second-order valence-corrected chi connectivity index (χ2v) is 7.71. The van der Waals surface area contributed by atoms with E-state index in [0.29, 0.717) is 0 Å². The number of amides is 3. The zero-order valence-corrected chi connectivity index (χ0v) is 13.0. The van der Waals surface area contributed by atoms with E-state index in [-0.39, 0.29) is 50.3 Å². The minimum atomic E-state index is -3.39. The first-order chi connectivity index (χ1) is 9.75. The van der Waals surface area contributed by atoms with E-state index >= 15 is 0 Å². The lowest BCUT2D eigenvalue weighted by Crippen LogP contribution is -2.56. The molecule has 0 unspecified atom stereocenters. The molecule has 2 saturated heterocycles. The number of hydrogen-bond acceptors (Lipinski definition) is 5. The lowest BCUT2D eigenvalue weighted by Gasteiger charge is -2.36. The number of piperidine rings is 1. The van der Waals surface area contributed by atoms with Gasteiger partial charge < -0.3 is 10.1 Å². The van der Waals surface area contributed by atoms with Crippen molar-refractivity contribution >= 4 is 22.0 Å². The molecule has 0 radical (unpaired) electrons. The molecule has 21 heavy (non-hydrogen) atoms. The number of rotatable bonds is 5. The molecule has 2 heterocycles. The predicted molar refractivity (Wildman–Crippen MR) is 75.1 cm³/mol. The molecule has 8 nitrogen and oxygen atoms in total. The van der Waals surface area contributed by atoms with Crippen LogP contribution in [0.1, 0.15) is 26.7 Å². The minimum absolute atomic E-state index is 0.0118. The summed E-state index contributed by atoms with van der Waals surface area (Å²) in [4.78, 5) is 23.0. The number of carbonyl (C=O) groups excluding carboxylic acids is 2. The number of nitrogens with zero attached hydrogens (tertiary/aromatic N) is 1. The van der Waals surface area contributed by atoms with Crippen molar-refractivity contribution in [2.75, 3.05) is 25.4 Å². The highest BCUT2D eigenvalue weighted by Gasteiger charge is 2.49. The number of hydrogen-bond donors (Lipinski definition) is 2. The second-order valence-electron chi connectivity index (χ2n) is 5.62. The van der Waals surface area contributed by atoms with Gasteiger partial charge in [-0.25, -0.2) is 17.5 Å². The topological polar surface area (TPSA) is 105 Å². The Morgan fingerprint density at radius 2 is 1.90 bits per heavy atom. The number of imide groups is 1. The molecule has 0 aromatic heterocycles. The monoisotopic (exact) mass is 319 g/mol. The molecule has 2 N–H and O–H groups in total. The van der Waals surface area contributed by atoms with E-state index in [4.69, 9.17) is 4.74 Å². The molecular weight excluding hydrogens is 298 g/mol. The van der Waals surface area contributed by atoms with Crippen LogP contribution in [0.2, 0.25) is 0 Å². The van der Waals surface area contributed by atoms with Gasteiger partial charge in [-0.1, -0.05) is 0 Å². The van der Waals surface area contributed by atoms with Crippen molar-refractivity contribution in [3.8, 4) is 0 Å². The average Bonchev–Trinajstić information content (AvgIpc) is 2.63. The van der Waals surface area contributed by atoms with Crippen LogP contribution in [-0.4, -0.2) is 61.8 Å². The lowest BCUT2D eigenvalue weighted by atomic mass is 9.89. The third kappa shape index (κ3) is 3.53. The maximum atomic E-state index is 12.2. The summed E-state index contributed by atoms with van der Waals surface area (Å²) < 4.78 is 31.0. The molecule has 1 spiro atoms. The fraction of sp³-hybridized carbons (Fsp3) is 0.833. The third-order valence-electron chi connectivity index (χ3n) is 3.78. The lowest BCUT2D eigenvalue weighted by molar-refractivity contribution is -0.125. The largest absolute Gasteiger partial charge is 0.378 e. The van der Waals surface area contributed by atoms with Crippen LogP contribution in [-0.2, 0) is 19.6 Å². The predicted octanol–water partition coefficient (Wildman–Crippen LogP) is -0.585. The van der Waals surface area contributed by atoms with E-state index in [2.05, 4.69) is 10.6 Å². The standard InChI is InChI=1S/C12H21N3O5S/c1-9(2)20-7-8-21(18,19)15-5-3-12(4-6-15)10(16)13-11(17)14-12/h9H,3-8H2,1-2H3,(H2,13,14,16,17). The summed E-state index contributed by atoms with van der Waals surface area (Å²) in [6.07, 6.45) is 0.561. The van der Waals surface area contributed by atoms with Crippen molar-refractivity contribution in [2.24, 2.45) is 0 Å². The van der Waals surface area contributed by atoms with E-state index < -0.39 is 21.6 Å². The fourth-order valence-corrected chi connectivity index (χ4v) is 3.85. The molecule has 0 atom stereocenters. The highest BCUT2D eigenvalue weighted by molar-refractivity contribution is 7.89. The van der Waals surface area contributed by atoms with Crippen LogP contribution in [0, 0.1) is 0 Å². The molecule has 0 bridgehead atoms. The van der Waals surface area contributed by atoms with Gasteiger partial charge >= 0.3 is 6.03 Å². The third-order valence-corrected chi connectivity index (χ3v) is 5.61. The first-order valence-electron chi connectivity index (χ1n) is 6.98. The van der Waals surface area contributed by atoms with Crippen molar-refractivity contribution in [1.82, 2.24) is 14.9 Å². The van der Waals surface area contributed by atoms with E-state index in [1.54, 1.807) is 0 Å². The first-order valence-corrected chi connectivity index (χ1v) is 8.59. The number of sulfonamides is 1. The summed E-state index contributed by atoms with van der Waals surface area (Å²) in [6.45, 7) is 4.28. The summed E-state index contributed by atoms with van der Waals surface area (Å²) >= 11 is 0. The summed E-state index contributed by atoms with van der Waals surface area (Å²) in [7, 11) is -3.39. The smallest absolute Gasteiger partial charge is 0.322 e. The Balaban J connectivity index is 1.91. The van der Waals surface area contributed by atoms with Gasteiger partial charge in [-0.05, 0) is 26.7 Å². The summed E-state index contributed by atoms with van der Waals surface area (Å²) in [5, 5.41) is 4.80. The van der Waals surface area contributed by atoms with E-state index in [9.17, 15) is 18.0 Å². The van der Waals surface area contributed by atoms with Crippen molar-refractivity contribution in [3.63, 3.8) is 0 Å². The quantitative estimate of drug-likeness (QED) is 0.659. The van der Waals surface area contributed by atoms with Gasteiger partial charge in [0, 0.05) is 13.1 Å². The Bertz CT molecular complexity index is 523. The molecule has 9 heteroatoms. The first kappa shape index (κ1) is 16.2. The molecule has 0 aromatic carbocycles. The average molecular weight is 319 g/mol. The second kappa shape index (κ2) is 5.90. The van der Waals surface area contributed by atoms with Crippen LogP contribution in [0.4, 0.5) is 4.79 Å². The van der Waals surface area contributed by atoms with E-state index in [1.807, 2.05) is 13.8 Å². The van der Waals surface area contributed by atoms with Crippen LogP contribution in [0.25, 0.3) is 0 Å². The Morgan fingerprint density at radius 1 is 1.29 bits per heavy atom. The van der Waals surface area contributed by atoms with E-state index in [0.717, 1.165) is 0 Å². The van der Waals surface area contributed by atoms with Gasteiger partial charge in [0.15, 0.2) is 0 Å². The van der Waals surface area contributed by atoms with Crippen LogP contribution in [0.3, 0.4) is 0 Å². The molecule has 2 fully saturated rings. The number of urea groups is 1. The van der Waals surface area contributed by atoms with Gasteiger partial charge in [-0.3, -0.25) is 10.1 Å². The minimum Gasteiger partial charge on any atom is -0.378 e. The van der Waals surface area contributed by atoms with Gasteiger partial charge in [0.25, 0.3) is 5.91 Å². The maximum Gasteiger partial charge on any atom is 0.322 e. The van der Waals surface area contributed by atoms with Gasteiger partial charge in [0.1, 0.15) is 5.54 Å². The van der Waals surface area contributed by atoms with Crippen LogP contribution < -0.4 is 10.6 Å². The molecule has 2 rings (SSSR count). The molecule has 3 amide bonds. The maximum absolute atomic E-state index is 12.2. The Kier molecular flexibility index (Phi) is 4.54. The Morgan fingerprint density at radius 3 is 2.38 bits per heavy atom.